The van der Waals surface area contributed by atoms with Gasteiger partial charge in [0, 0.05) is 16.6 Å². The molecule has 3 aliphatic heterocycles. The molecule has 0 aromatic heterocycles. The molecule has 5 heteroatoms. The minimum absolute atomic E-state index is 0.0265. The molecule has 4 atom stereocenters. The van der Waals surface area contributed by atoms with Crippen LogP contribution in [-0.4, -0.2) is 23.9 Å². The lowest BCUT2D eigenvalue weighted by Gasteiger charge is -2.18. The number of halogens is 1. The highest BCUT2D eigenvalue weighted by atomic mass is 79.9. The molecule has 1 aromatic rings. The number of hydrogen-bond donors (Lipinski definition) is 1. The van der Waals surface area contributed by atoms with Crippen LogP contribution in [-0.2, 0) is 9.59 Å². The van der Waals surface area contributed by atoms with Crippen molar-refractivity contribution in [2.75, 3.05) is 4.90 Å². The third kappa shape index (κ3) is 1.50. The van der Waals surface area contributed by atoms with Crippen molar-refractivity contribution in [3.8, 4) is 0 Å². The van der Waals surface area contributed by atoms with Crippen molar-refractivity contribution >= 4 is 33.4 Å². The van der Waals surface area contributed by atoms with E-state index in [2.05, 4.69) is 21.2 Å². The van der Waals surface area contributed by atoms with Crippen molar-refractivity contribution in [3.63, 3.8) is 0 Å². The first-order valence-electron chi connectivity index (χ1n) is 6.98. The number of nitrogens with zero attached hydrogens (tertiary/aromatic N) is 1. The van der Waals surface area contributed by atoms with Crippen LogP contribution in [0.1, 0.15) is 18.4 Å². The number of anilines is 1. The van der Waals surface area contributed by atoms with Gasteiger partial charge in [0.05, 0.1) is 17.5 Å². The summed E-state index contributed by atoms with van der Waals surface area (Å²) in [7, 11) is 0. The number of nitrogens with one attached hydrogen (secondary N) is 1. The van der Waals surface area contributed by atoms with Gasteiger partial charge in [-0.25, -0.2) is 4.90 Å². The second-order valence-electron chi connectivity index (χ2n) is 5.95. The Morgan fingerprint density at radius 3 is 2.30 bits per heavy atom. The van der Waals surface area contributed by atoms with E-state index in [1.54, 1.807) is 0 Å². The maximum absolute atomic E-state index is 12.6. The van der Waals surface area contributed by atoms with E-state index in [9.17, 15) is 9.59 Å². The first kappa shape index (κ1) is 12.5. The van der Waals surface area contributed by atoms with Crippen LogP contribution < -0.4 is 10.2 Å². The summed E-state index contributed by atoms with van der Waals surface area (Å²) in [4.78, 5) is 26.7. The molecule has 3 aliphatic rings. The van der Waals surface area contributed by atoms with Gasteiger partial charge in [0.1, 0.15) is 0 Å². The zero-order chi connectivity index (χ0) is 14.0. The Bertz CT molecular complexity index is 602. The van der Waals surface area contributed by atoms with Crippen LogP contribution in [0.3, 0.4) is 0 Å². The van der Waals surface area contributed by atoms with Gasteiger partial charge >= 0.3 is 0 Å². The number of imide groups is 1. The van der Waals surface area contributed by atoms with Gasteiger partial charge < -0.3 is 5.32 Å². The summed E-state index contributed by atoms with van der Waals surface area (Å²) in [5.74, 6) is -0.349. The zero-order valence-electron chi connectivity index (χ0n) is 11.1. The van der Waals surface area contributed by atoms with Crippen LogP contribution in [0.15, 0.2) is 22.7 Å². The predicted molar refractivity (Wildman–Crippen MR) is 78.3 cm³/mol. The Morgan fingerprint density at radius 1 is 1.15 bits per heavy atom. The number of carbonyl (C=O) groups excluding carboxylic acids is 2. The number of benzene rings is 1. The van der Waals surface area contributed by atoms with Gasteiger partial charge in [0.25, 0.3) is 0 Å². The summed E-state index contributed by atoms with van der Waals surface area (Å²) in [5, 5.41) is 3.41. The van der Waals surface area contributed by atoms with Gasteiger partial charge in [0.2, 0.25) is 11.8 Å². The fourth-order valence-corrected chi connectivity index (χ4v) is 4.19. The molecule has 3 saturated heterocycles. The van der Waals surface area contributed by atoms with Gasteiger partial charge in [0.15, 0.2) is 0 Å². The highest BCUT2D eigenvalue weighted by Crippen LogP contribution is 2.45. The number of fused-ring (bicyclic) bond motifs is 5. The molecule has 4 nitrogen and oxygen atoms in total. The number of carbonyl (C=O) groups is 2. The predicted octanol–water partition coefficient (Wildman–Crippen LogP) is 2.00. The first-order chi connectivity index (χ1) is 9.58. The molecular formula is C15H15BrN2O2. The smallest absolute Gasteiger partial charge is 0.239 e. The Kier molecular flexibility index (Phi) is 2.60. The largest absolute Gasteiger partial charge is 0.310 e. The summed E-state index contributed by atoms with van der Waals surface area (Å²) in [5.41, 5.74) is 1.73. The molecule has 1 N–H and O–H groups in total. The van der Waals surface area contributed by atoms with E-state index in [1.165, 1.54) is 4.90 Å². The van der Waals surface area contributed by atoms with Gasteiger partial charge in [-0.3, -0.25) is 9.59 Å². The van der Waals surface area contributed by atoms with Gasteiger partial charge in [-0.2, -0.15) is 0 Å². The van der Waals surface area contributed by atoms with E-state index in [4.69, 9.17) is 0 Å². The van der Waals surface area contributed by atoms with Crippen LogP contribution in [0.25, 0.3) is 0 Å². The summed E-state index contributed by atoms with van der Waals surface area (Å²) < 4.78 is 0.988. The first-order valence-corrected chi connectivity index (χ1v) is 7.77. The summed E-state index contributed by atoms with van der Waals surface area (Å²) >= 11 is 3.45. The highest BCUT2D eigenvalue weighted by molar-refractivity contribution is 9.10. The third-order valence-corrected chi connectivity index (χ3v) is 5.77. The van der Waals surface area contributed by atoms with Gasteiger partial charge in [-0.05, 0) is 43.5 Å². The van der Waals surface area contributed by atoms with Crippen molar-refractivity contribution in [1.82, 2.24) is 5.32 Å². The van der Waals surface area contributed by atoms with Crippen LogP contribution in [0.5, 0.6) is 0 Å². The quantitative estimate of drug-likeness (QED) is 0.799. The molecule has 2 amide bonds. The van der Waals surface area contributed by atoms with E-state index >= 15 is 0 Å². The third-order valence-electron chi connectivity index (χ3n) is 4.88. The van der Waals surface area contributed by atoms with E-state index in [0.717, 1.165) is 22.9 Å². The number of aryl methyl sites for hydroxylation is 1. The van der Waals surface area contributed by atoms with E-state index in [0.29, 0.717) is 5.69 Å². The van der Waals surface area contributed by atoms with E-state index in [-0.39, 0.29) is 35.7 Å². The molecule has 0 radical (unpaired) electrons. The lowest BCUT2D eigenvalue weighted by Crippen LogP contribution is -2.37. The summed E-state index contributed by atoms with van der Waals surface area (Å²) in [6.07, 6.45) is 2.02. The monoisotopic (exact) mass is 334 g/mol. The maximum atomic E-state index is 12.6. The fourth-order valence-electron chi connectivity index (χ4n) is 3.95. The average Bonchev–Trinajstić information content (AvgIpc) is 3.08. The minimum Gasteiger partial charge on any atom is -0.310 e. The number of amides is 2. The van der Waals surface area contributed by atoms with E-state index < -0.39 is 0 Å². The maximum Gasteiger partial charge on any atom is 0.239 e. The molecular weight excluding hydrogens is 320 g/mol. The molecule has 3 heterocycles. The van der Waals surface area contributed by atoms with Crippen molar-refractivity contribution in [2.45, 2.75) is 31.8 Å². The Hall–Kier alpha value is -1.20. The Morgan fingerprint density at radius 2 is 1.75 bits per heavy atom. The van der Waals surface area contributed by atoms with Crippen molar-refractivity contribution < 1.29 is 9.59 Å². The molecule has 0 spiro atoms. The molecule has 2 bridgehead atoms. The molecule has 4 rings (SSSR count). The van der Waals surface area contributed by atoms with Crippen LogP contribution >= 0.6 is 15.9 Å². The molecule has 0 unspecified atom stereocenters. The Labute approximate surface area is 125 Å². The average molecular weight is 335 g/mol. The van der Waals surface area contributed by atoms with Crippen molar-refractivity contribution in [3.05, 3.63) is 28.2 Å². The molecule has 0 aliphatic carbocycles. The van der Waals surface area contributed by atoms with Crippen molar-refractivity contribution in [2.24, 2.45) is 11.8 Å². The van der Waals surface area contributed by atoms with Crippen LogP contribution in [0.4, 0.5) is 5.69 Å². The van der Waals surface area contributed by atoms with E-state index in [1.807, 2.05) is 25.1 Å². The normalized spacial score (nSPS) is 35.0. The minimum atomic E-state index is -0.148. The van der Waals surface area contributed by atoms with Crippen LogP contribution in [0, 0.1) is 18.8 Å². The summed E-state index contributed by atoms with van der Waals surface area (Å²) in [6, 6.07) is 6.03. The van der Waals surface area contributed by atoms with Gasteiger partial charge in [-0.1, -0.05) is 15.9 Å². The second kappa shape index (κ2) is 4.15. The molecule has 1 aromatic carbocycles. The van der Waals surface area contributed by atoms with Crippen molar-refractivity contribution in [1.29, 1.82) is 0 Å². The number of hydrogen-bond acceptors (Lipinski definition) is 3. The Balaban J connectivity index is 1.74. The zero-order valence-corrected chi connectivity index (χ0v) is 12.7. The lowest BCUT2D eigenvalue weighted by molar-refractivity contribution is -0.122. The van der Waals surface area contributed by atoms with Crippen LogP contribution in [0.2, 0.25) is 0 Å². The standard InChI is InChI=1S/C15H15BrN2O2/c1-7-6-8(2-3-9(7)16)18-14(19)12-10-4-5-11(17-10)13(12)15(18)20/h2-3,6,10-13,17H,4-5H2,1H3/t10-,11+,12+,13-. The van der Waals surface area contributed by atoms with Gasteiger partial charge in [-0.15, -0.1) is 0 Å². The fraction of sp³-hybridized carbons (Fsp3) is 0.467. The molecule has 20 heavy (non-hydrogen) atoms. The topological polar surface area (TPSA) is 49.4 Å². The second-order valence-corrected chi connectivity index (χ2v) is 6.81. The lowest BCUT2D eigenvalue weighted by atomic mass is 9.81. The molecule has 3 fully saturated rings. The highest BCUT2D eigenvalue weighted by Gasteiger charge is 2.61. The SMILES string of the molecule is Cc1cc(N2C(=O)[C@@H]3[C@H](C2=O)[C@@H]2CC[C@H]3N2)ccc1Br. The molecule has 104 valence electrons. The molecule has 0 saturated carbocycles. The summed E-state index contributed by atoms with van der Waals surface area (Å²) in [6.45, 7) is 1.96. The number of rotatable bonds is 1.